The molecule has 0 unspecified atom stereocenters. The number of aromatic amines is 1. The fourth-order valence-electron chi connectivity index (χ4n) is 2.65. The summed E-state index contributed by atoms with van der Waals surface area (Å²) in [5.74, 6) is 2.41. The Morgan fingerprint density at radius 3 is 1.97 bits per heavy atom. The van der Waals surface area contributed by atoms with Crippen LogP contribution in [0.5, 0.6) is 17.2 Å². The normalized spacial score (nSPS) is 10.2. The Hall–Kier alpha value is -3.61. The quantitative estimate of drug-likeness (QED) is 0.484. The van der Waals surface area contributed by atoms with Crippen LogP contribution >= 0.6 is 0 Å². The predicted molar refractivity (Wildman–Crippen MR) is 117 cm³/mol. The molecular formula is C20H26N4O7S. The van der Waals surface area contributed by atoms with E-state index in [0.29, 0.717) is 29.5 Å². The Morgan fingerprint density at radius 1 is 1.00 bits per heavy atom. The lowest BCUT2D eigenvalue weighted by molar-refractivity contribution is -0.364. The van der Waals surface area contributed by atoms with Crippen molar-refractivity contribution in [2.75, 3.05) is 32.8 Å². The van der Waals surface area contributed by atoms with E-state index in [4.69, 9.17) is 25.7 Å². The van der Waals surface area contributed by atoms with Crippen molar-refractivity contribution in [3.05, 3.63) is 59.8 Å². The van der Waals surface area contributed by atoms with E-state index in [1.165, 1.54) is 24.3 Å². The van der Waals surface area contributed by atoms with Crippen LogP contribution in [-0.2, 0) is 16.5 Å². The Morgan fingerprint density at radius 2 is 1.56 bits per heavy atom. The monoisotopic (exact) mass is 466 g/mol. The van der Waals surface area contributed by atoms with Crippen molar-refractivity contribution in [3.8, 4) is 17.2 Å². The van der Waals surface area contributed by atoms with E-state index in [1.807, 2.05) is 12.1 Å². The number of methoxy groups -OCH3 is 3. The summed E-state index contributed by atoms with van der Waals surface area (Å²) < 4.78 is 46.8. The maximum atomic E-state index is 10.3. The number of H-pyrrole nitrogens is 1. The second-order valence-electron chi connectivity index (χ2n) is 6.17. The van der Waals surface area contributed by atoms with Gasteiger partial charge in [0, 0.05) is 12.0 Å². The van der Waals surface area contributed by atoms with Gasteiger partial charge in [-0.25, -0.2) is 13.4 Å². The molecule has 0 amide bonds. The van der Waals surface area contributed by atoms with Gasteiger partial charge in [-0.1, -0.05) is 23.2 Å². The number of aromatic nitrogens is 2. The third-order valence-corrected chi connectivity index (χ3v) is 4.96. The van der Waals surface area contributed by atoms with E-state index in [1.54, 1.807) is 33.6 Å². The molecule has 7 N–H and O–H groups in total. The summed E-state index contributed by atoms with van der Waals surface area (Å²) >= 11 is 0. The number of nitrogens with one attached hydrogen (secondary N) is 1. The highest BCUT2D eigenvalue weighted by atomic mass is 32.2. The summed E-state index contributed by atoms with van der Waals surface area (Å²) in [7, 11) is 0.468. The van der Waals surface area contributed by atoms with Gasteiger partial charge < -0.3 is 30.0 Å². The van der Waals surface area contributed by atoms with Crippen molar-refractivity contribution in [1.29, 1.82) is 0 Å². The predicted octanol–water partition coefficient (Wildman–Crippen LogP) is 0.443. The number of benzene rings is 2. The topological polar surface area (TPSA) is 195 Å². The Labute approximate surface area is 186 Å². The van der Waals surface area contributed by atoms with Gasteiger partial charge in [0.15, 0.2) is 11.5 Å². The largest absolute Gasteiger partial charge is 0.744 e. The minimum atomic E-state index is -4.25. The number of hydrogen-bond donors (Lipinski definition) is 2. The van der Waals surface area contributed by atoms with Crippen LogP contribution in [-0.4, -0.2) is 44.8 Å². The van der Waals surface area contributed by atoms with Crippen LogP contribution < -0.4 is 30.7 Å². The third-order valence-electron chi connectivity index (χ3n) is 4.12. The van der Waals surface area contributed by atoms with E-state index in [9.17, 15) is 13.0 Å². The maximum Gasteiger partial charge on any atom is 0.388 e. The molecule has 174 valence electrons. The summed E-state index contributed by atoms with van der Waals surface area (Å²) in [5, 5.41) is 0. The zero-order valence-corrected chi connectivity index (χ0v) is 18.6. The van der Waals surface area contributed by atoms with Gasteiger partial charge in [-0.15, -0.1) is 0 Å². The molecule has 2 aromatic carbocycles. The molecule has 0 saturated heterocycles. The summed E-state index contributed by atoms with van der Waals surface area (Å²) in [6, 6.07) is 10.9. The Kier molecular flexibility index (Phi) is 9.66. The van der Waals surface area contributed by atoms with Gasteiger partial charge in [-0.2, -0.15) is 0 Å². The first-order valence-corrected chi connectivity index (χ1v) is 10.3. The number of anilines is 2. The highest BCUT2D eigenvalue weighted by Crippen LogP contribution is 2.38. The number of ether oxygens (including phenoxy) is 3. The average molecular weight is 467 g/mol. The minimum absolute atomic E-state index is 0. The van der Waals surface area contributed by atoms with Crippen LogP contribution in [0.15, 0.2) is 53.6 Å². The molecule has 0 spiro atoms. The molecule has 0 saturated carbocycles. The Bertz CT molecular complexity index is 1100. The zero-order chi connectivity index (χ0) is 23.0. The fraction of sp³-hybridized carbons (Fsp3) is 0.200. The van der Waals surface area contributed by atoms with E-state index in [0.717, 1.165) is 11.1 Å². The molecule has 32 heavy (non-hydrogen) atoms. The van der Waals surface area contributed by atoms with E-state index < -0.39 is 10.1 Å². The molecule has 11 nitrogen and oxygen atoms in total. The fourth-order valence-corrected chi connectivity index (χ4v) is 3.15. The Balaban J connectivity index is 0.000000393. The minimum Gasteiger partial charge on any atom is -0.744 e. The molecule has 0 fully saturated rings. The van der Waals surface area contributed by atoms with Crippen LogP contribution in [0.4, 0.5) is 11.8 Å². The first-order chi connectivity index (χ1) is 14.7. The summed E-state index contributed by atoms with van der Waals surface area (Å²) in [5.41, 5.74) is 13.2. The number of hydrogen-bond acceptors (Lipinski definition) is 9. The number of rotatable bonds is 6. The molecule has 3 aromatic rings. The standard InChI is InChI=1S/C14H18N4O3.C6H6O3S.H2O/c1-19-10-5-8(6-11(20-2)12(10)21-3)4-9-7-17-14(16)18-13(9)15;7-10(8,9)6-4-2-1-3-5-6;/h5-7H,4H2,1-3H3,(H4,15,16,17,18);1-5H,(H,7,8,9);1H2. The molecule has 12 heteroatoms. The lowest BCUT2D eigenvalue weighted by Gasteiger charge is -2.14. The first-order valence-electron chi connectivity index (χ1n) is 8.92. The van der Waals surface area contributed by atoms with Crippen molar-refractivity contribution in [2.45, 2.75) is 11.3 Å². The third kappa shape index (κ3) is 6.97. The van der Waals surface area contributed by atoms with E-state index >= 15 is 0 Å². The van der Waals surface area contributed by atoms with Gasteiger partial charge in [0.1, 0.15) is 10.1 Å². The molecule has 0 radical (unpaired) electrons. The molecular weight excluding hydrogens is 440 g/mol. The second-order valence-corrected chi connectivity index (χ2v) is 7.55. The molecule has 0 aliphatic heterocycles. The van der Waals surface area contributed by atoms with Crippen LogP contribution in [0, 0.1) is 0 Å². The van der Waals surface area contributed by atoms with Gasteiger partial charge in [-0.3, -0.25) is 5.73 Å². The van der Waals surface area contributed by atoms with Crippen LogP contribution in [0.3, 0.4) is 0 Å². The molecule has 0 bridgehead atoms. The summed E-state index contributed by atoms with van der Waals surface area (Å²) in [4.78, 5) is 6.66. The van der Waals surface area contributed by atoms with Gasteiger partial charge in [-0.05, 0) is 29.8 Å². The molecule has 0 aliphatic carbocycles. The number of nitrogens with zero attached hydrogens (tertiary/aromatic N) is 1. The number of nitrogens with two attached hydrogens (primary N) is 2. The van der Waals surface area contributed by atoms with Crippen molar-refractivity contribution in [3.63, 3.8) is 0 Å². The van der Waals surface area contributed by atoms with Crippen molar-refractivity contribution in [2.24, 2.45) is 0 Å². The SMILES string of the molecule is COc1cc(Cc2c[nH+]c(N)nc2N)cc(OC)c1OC.O.O=S(=O)([O-])c1ccccc1. The van der Waals surface area contributed by atoms with Crippen LogP contribution in [0.2, 0.25) is 0 Å². The summed E-state index contributed by atoms with van der Waals surface area (Å²) in [6.45, 7) is 0. The maximum absolute atomic E-state index is 10.3. The van der Waals surface area contributed by atoms with E-state index in [2.05, 4.69) is 9.97 Å². The highest BCUT2D eigenvalue weighted by Gasteiger charge is 2.15. The van der Waals surface area contributed by atoms with Crippen LogP contribution in [0.25, 0.3) is 0 Å². The lowest BCUT2D eigenvalue weighted by atomic mass is 10.1. The number of nitrogen functional groups attached to an aromatic ring is 2. The van der Waals surface area contributed by atoms with Crippen LogP contribution in [0.1, 0.15) is 11.1 Å². The van der Waals surface area contributed by atoms with Crippen molar-refractivity contribution < 1.29 is 37.6 Å². The molecule has 1 aromatic heterocycles. The first kappa shape index (κ1) is 26.4. The second kappa shape index (κ2) is 11.7. The van der Waals surface area contributed by atoms with E-state index in [-0.39, 0.29) is 16.3 Å². The molecule has 1 heterocycles. The average Bonchev–Trinajstić information content (AvgIpc) is 2.75. The van der Waals surface area contributed by atoms with Gasteiger partial charge >= 0.3 is 5.95 Å². The van der Waals surface area contributed by atoms with Gasteiger partial charge in [0.05, 0.1) is 32.4 Å². The van der Waals surface area contributed by atoms with Gasteiger partial charge in [0.25, 0.3) is 0 Å². The zero-order valence-electron chi connectivity index (χ0n) is 17.8. The molecule has 3 rings (SSSR count). The molecule has 0 aliphatic rings. The summed E-state index contributed by atoms with van der Waals surface area (Å²) in [6.07, 6.45) is 2.30. The van der Waals surface area contributed by atoms with Crippen molar-refractivity contribution in [1.82, 2.24) is 4.98 Å². The smallest absolute Gasteiger partial charge is 0.388 e. The van der Waals surface area contributed by atoms with Gasteiger partial charge in [0.2, 0.25) is 11.6 Å². The highest BCUT2D eigenvalue weighted by molar-refractivity contribution is 7.85. The van der Waals surface area contributed by atoms with Crippen molar-refractivity contribution >= 4 is 21.9 Å². The molecule has 0 atom stereocenters. The lowest BCUT2D eigenvalue weighted by Crippen LogP contribution is -2.16.